The SMILES string of the molecule is Cc1ccn(CCN2CCOCC2)c(=O)c1C(=O)NCCc1nc2ccccc2n1C. The summed E-state index contributed by atoms with van der Waals surface area (Å²) in [7, 11) is 1.97. The molecule has 31 heavy (non-hydrogen) atoms. The number of nitrogens with zero attached hydrogens (tertiary/aromatic N) is 4. The maximum Gasteiger partial charge on any atom is 0.263 e. The first-order valence-electron chi connectivity index (χ1n) is 10.7. The average Bonchev–Trinajstić information content (AvgIpc) is 3.10. The second-order valence-corrected chi connectivity index (χ2v) is 7.91. The second-order valence-electron chi connectivity index (χ2n) is 7.91. The number of fused-ring (bicyclic) bond motifs is 1. The Morgan fingerprint density at radius 2 is 1.94 bits per heavy atom. The highest BCUT2D eigenvalue weighted by atomic mass is 16.5. The summed E-state index contributed by atoms with van der Waals surface area (Å²) in [4.78, 5) is 32.7. The topological polar surface area (TPSA) is 81.4 Å². The third-order valence-corrected chi connectivity index (χ3v) is 5.88. The molecule has 4 rings (SSSR count). The van der Waals surface area contributed by atoms with E-state index in [2.05, 4.69) is 15.2 Å². The van der Waals surface area contributed by atoms with Gasteiger partial charge in [0.2, 0.25) is 0 Å². The van der Waals surface area contributed by atoms with Crippen molar-refractivity contribution in [3.05, 3.63) is 63.8 Å². The van der Waals surface area contributed by atoms with Crippen LogP contribution in [-0.2, 0) is 24.8 Å². The van der Waals surface area contributed by atoms with Crippen LogP contribution >= 0.6 is 0 Å². The zero-order valence-electron chi connectivity index (χ0n) is 18.1. The Kier molecular flexibility index (Phi) is 6.48. The second kappa shape index (κ2) is 9.45. The van der Waals surface area contributed by atoms with Gasteiger partial charge in [-0.2, -0.15) is 0 Å². The molecular weight excluding hydrogens is 394 g/mol. The van der Waals surface area contributed by atoms with Gasteiger partial charge in [-0.3, -0.25) is 14.5 Å². The first-order valence-corrected chi connectivity index (χ1v) is 10.7. The summed E-state index contributed by atoms with van der Waals surface area (Å²) in [5, 5.41) is 2.90. The van der Waals surface area contributed by atoms with Crippen LogP contribution in [0.2, 0.25) is 0 Å². The number of para-hydroxylation sites is 2. The molecule has 164 valence electrons. The van der Waals surface area contributed by atoms with Gasteiger partial charge in [0.25, 0.3) is 11.5 Å². The van der Waals surface area contributed by atoms with E-state index in [-0.39, 0.29) is 17.0 Å². The quantitative estimate of drug-likeness (QED) is 0.620. The Balaban J connectivity index is 1.40. The van der Waals surface area contributed by atoms with Gasteiger partial charge in [0.05, 0.1) is 24.2 Å². The molecule has 1 fully saturated rings. The number of aryl methyl sites for hydroxylation is 2. The normalized spacial score (nSPS) is 14.8. The fourth-order valence-electron chi connectivity index (χ4n) is 3.99. The summed E-state index contributed by atoms with van der Waals surface area (Å²) in [6.07, 6.45) is 2.36. The Morgan fingerprint density at radius 3 is 2.71 bits per heavy atom. The molecule has 0 saturated carbocycles. The number of nitrogens with one attached hydrogen (secondary N) is 1. The molecule has 0 spiro atoms. The van der Waals surface area contributed by atoms with Crippen molar-refractivity contribution in [2.24, 2.45) is 7.05 Å². The van der Waals surface area contributed by atoms with Crippen LogP contribution in [0.15, 0.2) is 41.3 Å². The molecule has 1 amide bonds. The van der Waals surface area contributed by atoms with E-state index >= 15 is 0 Å². The van der Waals surface area contributed by atoms with E-state index < -0.39 is 0 Å². The van der Waals surface area contributed by atoms with Gasteiger partial charge in [-0.05, 0) is 30.7 Å². The highest BCUT2D eigenvalue weighted by Gasteiger charge is 2.17. The van der Waals surface area contributed by atoms with E-state index in [9.17, 15) is 9.59 Å². The number of benzene rings is 1. The number of carbonyl (C=O) groups is 1. The lowest BCUT2D eigenvalue weighted by Crippen LogP contribution is -2.40. The summed E-state index contributed by atoms with van der Waals surface area (Å²) in [6.45, 7) is 6.72. The number of amides is 1. The third kappa shape index (κ3) is 4.70. The molecule has 1 N–H and O–H groups in total. The van der Waals surface area contributed by atoms with Crippen LogP contribution < -0.4 is 10.9 Å². The maximum absolute atomic E-state index is 13.0. The van der Waals surface area contributed by atoms with Crippen molar-refractivity contribution >= 4 is 16.9 Å². The molecule has 0 bridgehead atoms. The van der Waals surface area contributed by atoms with E-state index in [1.807, 2.05) is 41.9 Å². The molecule has 0 aliphatic carbocycles. The molecule has 3 aromatic rings. The van der Waals surface area contributed by atoms with Gasteiger partial charge in [0.15, 0.2) is 0 Å². The number of rotatable bonds is 7. The number of hydrogen-bond donors (Lipinski definition) is 1. The molecule has 8 nitrogen and oxygen atoms in total. The van der Waals surface area contributed by atoms with Crippen LogP contribution in [0.4, 0.5) is 0 Å². The van der Waals surface area contributed by atoms with E-state index in [4.69, 9.17) is 4.74 Å². The lowest BCUT2D eigenvalue weighted by Gasteiger charge is -2.26. The van der Waals surface area contributed by atoms with Crippen molar-refractivity contribution in [3.63, 3.8) is 0 Å². The van der Waals surface area contributed by atoms with Gasteiger partial charge in [0.1, 0.15) is 11.4 Å². The van der Waals surface area contributed by atoms with Crippen molar-refractivity contribution in [1.82, 2.24) is 24.3 Å². The largest absolute Gasteiger partial charge is 0.379 e. The molecule has 1 saturated heterocycles. The number of pyridine rings is 1. The van der Waals surface area contributed by atoms with E-state index in [0.717, 1.165) is 49.7 Å². The van der Waals surface area contributed by atoms with Crippen LogP contribution in [0.3, 0.4) is 0 Å². The zero-order valence-corrected chi connectivity index (χ0v) is 18.1. The Bertz CT molecular complexity index is 1130. The molecule has 0 unspecified atom stereocenters. The first kappa shape index (κ1) is 21.3. The highest BCUT2D eigenvalue weighted by Crippen LogP contribution is 2.14. The summed E-state index contributed by atoms with van der Waals surface area (Å²) in [6, 6.07) is 9.78. The summed E-state index contributed by atoms with van der Waals surface area (Å²) >= 11 is 0. The van der Waals surface area contributed by atoms with Crippen LogP contribution in [0, 0.1) is 6.92 Å². The maximum atomic E-state index is 13.0. The fourth-order valence-corrected chi connectivity index (χ4v) is 3.99. The van der Waals surface area contributed by atoms with Crippen LogP contribution in [0.5, 0.6) is 0 Å². The number of ether oxygens (including phenoxy) is 1. The van der Waals surface area contributed by atoms with Gasteiger partial charge in [-0.15, -0.1) is 0 Å². The van der Waals surface area contributed by atoms with Crippen molar-refractivity contribution in [3.8, 4) is 0 Å². The van der Waals surface area contributed by atoms with Gasteiger partial charge in [0, 0.05) is 52.4 Å². The Labute approximate surface area is 181 Å². The third-order valence-electron chi connectivity index (χ3n) is 5.88. The predicted molar refractivity (Wildman–Crippen MR) is 119 cm³/mol. The Hall–Kier alpha value is -2.97. The number of carbonyl (C=O) groups excluding carboxylic acids is 1. The lowest BCUT2D eigenvalue weighted by atomic mass is 10.1. The predicted octanol–water partition coefficient (Wildman–Crippen LogP) is 1.35. The number of imidazole rings is 1. The van der Waals surface area contributed by atoms with Crippen LogP contribution in [-0.4, -0.2) is 64.3 Å². The van der Waals surface area contributed by atoms with Crippen molar-refractivity contribution in [2.45, 2.75) is 19.9 Å². The molecular formula is C23H29N5O3. The Morgan fingerprint density at radius 1 is 1.16 bits per heavy atom. The summed E-state index contributed by atoms with van der Waals surface area (Å²) < 4.78 is 9.03. The standard InChI is InChI=1S/C23H29N5O3/c1-17-8-10-28(12-11-27-13-15-31-16-14-27)23(30)21(17)22(29)24-9-7-20-25-18-5-3-4-6-19(18)26(20)2/h3-6,8,10H,7,9,11-16H2,1-2H3,(H,24,29). The van der Waals surface area contributed by atoms with Crippen molar-refractivity contribution in [1.29, 1.82) is 0 Å². The van der Waals surface area contributed by atoms with Gasteiger partial charge in [-0.1, -0.05) is 12.1 Å². The smallest absolute Gasteiger partial charge is 0.263 e. The van der Waals surface area contributed by atoms with Crippen LogP contribution in [0.1, 0.15) is 21.7 Å². The molecule has 8 heteroatoms. The van der Waals surface area contributed by atoms with Gasteiger partial charge in [-0.25, -0.2) is 4.98 Å². The van der Waals surface area contributed by atoms with Crippen molar-refractivity contribution < 1.29 is 9.53 Å². The molecule has 2 aromatic heterocycles. The van der Waals surface area contributed by atoms with E-state index in [0.29, 0.717) is 25.1 Å². The molecule has 3 heterocycles. The minimum absolute atomic E-state index is 0.217. The molecule has 0 atom stereocenters. The molecule has 1 aliphatic rings. The minimum atomic E-state index is -0.331. The number of morpholine rings is 1. The molecule has 1 aromatic carbocycles. The monoisotopic (exact) mass is 423 g/mol. The highest BCUT2D eigenvalue weighted by molar-refractivity contribution is 5.95. The lowest BCUT2D eigenvalue weighted by molar-refractivity contribution is 0.0362. The molecule has 1 aliphatic heterocycles. The summed E-state index contributed by atoms with van der Waals surface area (Å²) in [5.74, 6) is 0.566. The van der Waals surface area contributed by atoms with Gasteiger partial charge < -0.3 is 19.2 Å². The summed E-state index contributed by atoms with van der Waals surface area (Å²) in [5.41, 5.74) is 2.66. The minimum Gasteiger partial charge on any atom is -0.379 e. The zero-order chi connectivity index (χ0) is 21.8. The number of aromatic nitrogens is 3. The van der Waals surface area contributed by atoms with Gasteiger partial charge >= 0.3 is 0 Å². The average molecular weight is 424 g/mol. The van der Waals surface area contributed by atoms with Crippen LogP contribution in [0.25, 0.3) is 11.0 Å². The van der Waals surface area contributed by atoms with Crippen molar-refractivity contribution in [2.75, 3.05) is 39.4 Å². The fraction of sp³-hybridized carbons (Fsp3) is 0.435. The molecule has 0 radical (unpaired) electrons. The first-order chi connectivity index (χ1) is 15.0. The van der Waals surface area contributed by atoms with E-state index in [1.54, 1.807) is 17.7 Å². The number of hydrogen-bond acceptors (Lipinski definition) is 5. The van der Waals surface area contributed by atoms with E-state index in [1.165, 1.54) is 0 Å².